The molecule has 3 nitrogen and oxygen atoms in total. The fraction of sp³-hybridized carbons (Fsp3) is 0. The minimum absolute atomic E-state index is 1.01. The first kappa shape index (κ1) is 9.79. The third kappa shape index (κ3) is 1.36. The molecule has 18 heavy (non-hydrogen) atoms. The highest BCUT2D eigenvalue weighted by molar-refractivity contribution is 7.17. The normalized spacial score (nSPS) is 11.3. The van der Waals surface area contributed by atoms with E-state index in [-0.39, 0.29) is 0 Å². The highest BCUT2D eigenvalue weighted by Gasteiger charge is 2.17. The summed E-state index contributed by atoms with van der Waals surface area (Å²) in [6.45, 7) is 0. The molecule has 0 unspecified atom stereocenters. The average molecular weight is 253 g/mol. The number of hydrogen-bond donors (Lipinski definition) is 3. The Morgan fingerprint density at radius 3 is 2.78 bits per heavy atom. The molecule has 0 amide bonds. The maximum Gasteiger partial charge on any atom is 0.132 e. The molecule has 1 aromatic heterocycles. The molecular formula is C14H11N3S. The lowest BCUT2D eigenvalue weighted by Crippen LogP contribution is -1.90. The summed E-state index contributed by atoms with van der Waals surface area (Å²) in [5.41, 5.74) is 3.46. The van der Waals surface area contributed by atoms with Crippen LogP contribution in [0.5, 0.6) is 0 Å². The van der Waals surface area contributed by atoms with E-state index in [0.717, 1.165) is 11.5 Å². The van der Waals surface area contributed by atoms with Gasteiger partial charge in [-0.25, -0.2) is 0 Å². The van der Waals surface area contributed by atoms with Crippen LogP contribution in [0.25, 0.3) is 21.3 Å². The quantitative estimate of drug-likeness (QED) is 0.487. The SMILES string of the molecule is c1ccc(Nc2[nH][nH]c3c4ccsc4cc2-3)cc1. The van der Waals surface area contributed by atoms with Crippen LogP contribution in [0.4, 0.5) is 11.5 Å². The highest BCUT2D eigenvalue weighted by atomic mass is 32.1. The second kappa shape index (κ2) is 3.65. The highest BCUT2D eigenvalue weighted by Crippen LogP contribution is 2.40. The summed E-state index contributed by atoms with van der Waals surface area (Å²) in [5.74, 6) is 1.01. The summed E-state index contributed by atoms with van der Waals surface area (Å²) in [6.07, 6.45) is 0. The van der Waals surface area contributed by atoms with E-state index >= 15 is 0 Å². The first-order valence-electron chi connectivity index (χ1n) is 5.80. The molecule has 0 saturated heterocycles. The summed E-state index contributed by atoms with van der Waals surface area (Å²) >= 11 is 1.77. The standard InChI is InChI=1S/C14H11N3S/c1-2-4-9(5-3-1)15-14-11-8-12-10(6-7-18-12)13(11)16-17-14/h1-8,15-17H. The zero-order valence-electron chi connectivity index (χ0n) is 9.53. The molecule has 2 heterocycles. The van der Waals surface area contributed by atoms with Crippen LogP contribution in [-0.2, 0) is 0 Å². The first-order chi connectivity index (χ1) is 8.92. The van der Waals surface area contributed by atoms with Crippen molar-refractivity contribution in [2.24, 2.45) is 0 Å². The van der Waals surface area contributed by atoms with Gasteiger partial charge in [0.15, 0.2) is 0 Å². The third-order valence-corrected chi connectivity index (χ3v) is 4.00. The molecule has 0 fully saturated rings. The van der Waals surface area contributed by atoms with Gasteiger partial charge in [0, 0.05) is 21.3 Å². The Kier molecular flexibility index (Phi) is 1.98. The van der Waals surface area contributed by atoms with Gasteiger partial charge in [-0.1, -0.05) is 18.2 Å². The van der Waals surface area contributed by atoms with Gasteiger partial charge in [-0.15, -0.1) is 11.3 Å². The minimum Gasteiger partial charge on any atom is -0.340 e. The maximum absolute atomic E-state index is 3.40. The fourth-order valence-electron chi connectivity index (χ4n) is 2.28. The number of aromatic nitrogens is 2. The molecule has 2 aromatic rings. The number of benzene rings is 1. The van der Waals surface area contributed by atoms with Crippen LogP contribution in [0.2, 0.25) is 0 Å². The Labute approximate surface area is 108 Å². The Morgan fingerprint density at radius 1 is 1.00 bits per heavy atom. The lowest BCUT2D eigenvalue weighted by molar-refractivity contribution is 1.11. The van der Waals surface area contributed by atoms with Gasteiger partial charge >= 0.3 is 0 Å². The van der Waals surface area contributed by atoms with Crippen LogP contribution in [0, 0.1) is 0 Å². The van der Waals surface area contributed by atoms with Gasteiger partial charge in [0.2, 0.25) is 0 Å². The summed E-state index contributed by atoms with van der Waals surface area (Å²) in [4.78, 5) is 0. The van der Waals surface area contributed by atoms with E-state index in [9.17, 15) is 0 Å². The molecule has 88 valence electrons. The van der Waals surface area contributed by atoms with Crippen LogP contribution in [0.3, 0.4) is 0 Å². The topological polar surface area (TPSA) is 43.6 Å². The number of rotatable bonds is 2. The van der Waals surface area contributed by atoms with Crippen molar-refractivity contribution in [1.82, 2.24) is 10.2 Å². The summed E-state index contributed by atoms with van der Waals surface area (Å²) in [6, 6.07) is 14.5. The number of thiophene rings is 1. The largest absolute Gasteiger partial charge is 0.340 e. The second-order valence-electron chi connectivity index (χ2n) is 4.25. The van der Waals surface area contributed by atoms with Gasteiger partial charge in [0.25, 0.3) is 0 Å². The monoisotopic (exact) mass is 253 g/mol. The van der Waals surface area contributed by atoms with Crippen molar-refractivity contribution in [1.29, 1.82) is 0 Å². The van der Waals surface area contributed by atoms with Crippen molar-refractivity contribution in [2.75, 3.05) is 5.32 Å². The summed E-state index contributed by atoms with van der Waals surface area (Å²) in [7, 11) is 0. The van der Waals surface area contributed by atoms with Crippen LogP contribution < -0.4 is 5.32 Å². The molecule has 3 N–H and O–H groups in total. The Bertz CT molecular complexity index is 763. The van der Waals surface area contributed by atoms with E-state index in [4.69, 9.17) is 0 Å². The first-order valence-corrected chi connectivity index (χ1v) is 6.68. The van der Waals surface area contributed by atoms with Crippen molar-refractivity contribution in [3.8, 4) is 11.3 Å². The van der Waals surface area contributed by atoms with Crippen molar-refractivity contribution in [3.63, 3.8) is 0 Å². The van der Waals surface area contributed by atoms with Gasteiger partial charge in [-0.2, -0.15) is 0 Å². The van der Waals surface area contributed by atoms with Crippen LogP contribution >= 0.6 is 11.3 Å². The van der Waals surface area contributed by atoms with E-state index in [1.54, 1.807) is 11.3 Å². The van der Waals surface area contributed by atoms with Crippen molar-refractivity contribution in [2.45, 2.75) is 0 Å². The van der Waals surface area contributed by atoms with E-state index in [2.05, 4.69) is 45.2 Å². The lowest BCUT2D eigenvalue weighted by Gasteiger charge is -2.03. The molecule has 0 atom stereocenters. The predicted octanol–water partition coefficient (Wildman–Crippen LogP) is 4.41. The molecule has 4 heteroatoms. The number of para-hydroxylation sites is 1. The molecule has 2 aliphatic rings. The molecule has 0 bridgehead atoms. The fourth-order valence-corrected chi connectivity index (χ4v) is 3.11. The minimum atomic E-state index is 1.01. The Morgan fingerprint density at radius 2 is 1.89 bits per heavy atom. The number of aromatic amines is 2. The lowest BCUT2D eigenvalue weighted by atomic mass is 10.2. The van der Waals surface area contributed by atoms with Crippen LogP contribution in [-0.4, -0.2) is 10.2 Å². The van der Waals surface area contributed by atoms with Crippen molar-refractivity contribution < 1.29 is 0 Å². The number of H-pyrrole nitrogens is 2. The van der Waals surface area contributed by atoms with Crippen molar-refractivity contribution >= 4 is 32.9 Å². The summed E-state index contributed by atoms with van der Waals surface area (Å²) < 4.78 is 1.32. The maximum atomic E-state index is 3.40. The van der Waals surface area contributed by atoms with Gasteiger partial charge in [-0.05, 0) is 29.6 Å². The van der Waals surface area contributed by atoms with Gasteiger partial charge in [-0.3, -0.25) is 10.2 Å². The van der Waals surface area contributed by atoms with Crippen LogP contribution in [0.1, 0.15) is 0 Å². The van der Waals surface area contributed by atoms with E-state index in [0.29, 0.717) is 0 Å². The summed E-state index contributed by atoms with van der Waals surface area (Å²) in [5, 5.41) is 13.2. The van der Waals surface area contributed by atoms with Crippen LogP contribution in [0.15, 0.2) is 47.8 Å². The molecule has 1 aromatic carbocycles. The van der Waals surface area contributed by atoms with E-state index in [1.165, 1.54) is 21.3 Å². The molecule has 1 aliphatic carbocycles. The number of anilines is 2. The molecule has 1 aliphatic heterocycles. The zero-order chi connectivity index (χ0) is 11.9. The Hall–Kier alpha value is -2.20. The third-order valence-electron chi connectivity index (χ3n) is 3.13. The second-order valence-corrected chi connectivity index (χ2v) is 5.20. The number of hydrogen-bond acceptors (Lipinski definition) is 2. The molecule has 0 radical (unpaired) electrons. The molecular weight excluding hydrogens is 242 g/mol. The smallest absolute Gasteiger partial charge is 0.132 e. The van der Waals surface area contributed by atoms with E-state index < -0.39 is 0 Å². The molecule has 4 rings (SSSR count). The van der Waals surface area contributed by atoms with Gasteiger partial charge < -0.3 is 5.32 Å². The molecule has 0 spiro atoms. The predicted molar refractivity (Wildman–Crippen MR) is 76.9 cm³/mol. The Balaban J connectivity index is 1.80. The number of fused-ring (bicyclic) bond motifs is 3. The molecule has 0 saturated carbocycles. The number of nitrogens with one attached hydrogen (secondary N) is 3. The zero-order valence-corrected chi connectivity index (χ0v) is 10.3. The van der Waals surface area contributed by atoms with Gasteiger partial charge in [0.1, 0.15) is 5.82 Å². The van der Waals surface area contributed by atoms with Crippen molar-refractivity contribution in [3.05, 3.63) is 47.8 Å². The van der Waals surface area contributed by atoms with Gasteiger partial charge in [0.05, 0.1) is 5.69 Å². The average Bonchev–Trinajstić information content (AvgIpc) is 3.04. The van der Waals surface area contributed by atoms with E-state index in [1.807, 2.05) is 18.2 Å².